The minimum absolute atomic E-state index is 0.103. The third kappa shape index (κ3) is 3.97. The lowest BCUT2D eigenvalue weighted by Gasteiger charge is -2.29. The van der Waals surface area contributed by atoms with E-state index in [1.54, 1.807) is 37.3 Å². The summed E-state index contributed by atoms with van der Waals surface area (Å²) in [6, 6.07) is 10.2. The number of hydrogen-bond donors (Lipinski definition) is 0. The number of methoxy groups -OCH3 is 2. The lowest BCUT2D eigenvalue weighted by Crippen LogP contribution is -2.38. The highest BCUT2D eigenvalue weighted by Gasteiger charge is 2.44. The minimum Gasteiger partial charge on any atom is -0.497 e. The van der Waals surface area contributed by atoms with E-state index >= 15 is 0 Å². The first-order valence-corrected chi connectivity index (χ1v) is 11.3. The number of carbonyl (C=O) groups is 1. The maximum Gasteiger partial charge on any atom is 0.290 e. The molecule has 2 aromatic carbocycles. The zero-order valence-electron chi connectivity index (χ0n) is 19.8. The highest BCUT2D eigenvalue weighted by atomic mass is 16.5. The first-order chi connectivity index (χ1) is 15.9. The number of aryl methyl sites for hydroxylation is 1. The fraction of sp³-hybridized carbons (Fsp3) is 0.385. The molecule has 1 aliphatic heterocycles. The third-order valence-corrected chi connectivity index (χ3v) is 6.40. The van der Waals surface area contributed by atoms with Crippen molar-refractivity contribution in [2.45, 2.75) is 26.8 Å². The Labute approximate surface area is 193 Å². The molecule has 4 rings (SSSR count). The average Bonchev–Trinajstić information content (AvgIpc) is 3.11. The van der Waals surface area contributed by atoms with Gasteiger partial charge in [0.15, 0.2) is 5.43 Å². The Bertz CT molecular complexity index is 1250. The number of hydrogen-bond acceptors (Lipinski definition) is 6. The van der Waals surface area contributed by atoms with Crippen LogP contribution in [0.4, 0.5) is 0 Å². The Morgan fingerprint density at radius 2 is 1.79 bits per heavy atom. The van der Waals surface area contributed by atoms with Crippen LogP contribution in [-0.2, 0) is 0 Å². The van der Waals surface area contributed by atoms with Gasteiger partial charge in [-0.25, -0.2) is 0 Å². The first-order valence-electron chi connectivity index (χ1n) is 11.3. The van der Waals surface area contributed by atoms with Gasteiger partial charge in [0.25, 0.3) is 5.91 Å². The van der Waals surface area contributed by atoms with Crippen molar-refractivity contribution in [1.82, 2.24) is 9.80 Å². The summed E-state index contributed by atoms with van der Waals surface area (Å²) in [5.74, 6) is 1.02. The van der Waals surface area contributed by atoms with Gasteiger partial charge in [-0.2, -0.15) is 0 Å². The normalized spacial score (nSPS) is 15.4. The second kappa shape index (κ2) is 9.27. The molecule has 1 atom stereocenters. The molecule has 33 heavy (non-hydrogen) atoms. The summed E-state index contributed by atoms with van der Waals surface area (Å²) >= 11 is 0. The quantitative estimate of drug-likeness (QED) is 0.517. The van der Waals surface area contributed by atoms with Gasteiger partial charge in [-0.3, -0.25) is 9.59 Å². The van der Waals surface area contributed by atoms with Gasteiger partial charge in [0.05, 0.1) is 31.2 Å². The summed E-state index contributed by atoms with van der Waals surface area (Å²) in [6.45, 7) is 8.99. The van der Waals surface area contributed by atoms with Gasteiger partial charge in [0.1, 0.15) is 17.1 Å². The number of rotatable bonds is 8. The van der Waals surface area contributed by atoms with Crippen LogP contribution in [0.1, 0.15) is 47.1 Å². The molecule has 174 valence electrons. The van der Waals surface area contributed by atoms with E-state index in [-0.39, 0.29) is 17.1 Å². The Morgan fingerprint density at radius 3 is 2.45 bits per heavy atom. The molecular formula is C26H30N2O5. The van der Waals surface area contributed by atoms with Crippen LogP contribution in [-0.4, -0.2) is 56.1 Å². The molecule has 0 N–H and O–H groups in total. The number of likely N-dealkylation sites (N-methyl/N-ethyl adjacent to an activating group) is 1. The molecule has 7 heteroatoms. The summed E-state index contributed by atoms with van der Waals surface area (Å²) in [7, 11) is 3.16. The van der Waals surface area contributed by atoms with Crippen LogP contribution in [0.15, 0.2) is 45.6 Å². The van der Waals surface area contributed by atoms with Crippen molar-refractivity contribution >= 4 is 16.9 Å². The van der Waals surface area contributed by atoms with Gasteiger partial charge in [-0.05, 0) is 50.3 Å². The van der Waals surface area contributed by atoms with E-state index in [1.165, 1.54) is 0 Å². The van der Waals surface area contributed by atoms with Crippen molar-refractivity contribution in [3.63, 3.8) is 0 Å². The van der Waals surface area contributed by atoms with Gasteiger partial charge >= 0.3 is 0 Å². The van der Waals surface area contributed by atoms with Gasteiger partial charge < -0.3 is 23.7 Å². The van der Waals surface area contributed by atoms with Crippen molar-refractivity contribution in [1.29, 1.82) is 0 Å². The Hall–Kier alpha value is -3.32. The highest BCUT2D eigenvalue weighted by molar-refractivity contribution is 5.99. The molecule has 0 saturated heterocycles. The van der Waals surface area contributed by atoms with E-state index in [9.17, 15) is 9.59 Å². The lowest BCUT2D eigenvalue weighted by molar-refractivity contribution is 0.0706. The van der Waals surface area contributed by atoms with E-state index < -0.39 is 6.04 Å². The fourth-order valence-corrected chi connectivity index (χ4v) is 4.53. The SMILES string of the molecule is CCN(CC)CCN1C(=O)c2oc3ccc(C)cc3c(=O)c2[C@H]1c1cc(OC)ccc1OC. The van der Waals surface area contributed by atoms with Crippen molar-refractivity contribution in [2.24, 2.45) is 0 Å². The molecule has 1 aromatic heterocycles. The lowest BCUT2D eigenvalue weighted by atomic mass is 9.97. The van der Waals surface area contributed by atoms with E-state index in [0.29, 0.717) is 46.7 Å². The van der Waals surface area contributed by atoms with Gasteiger partial charge in [-0.1, -0.05) is 25.5 Å². The molecule has 0 fully saturated rings. The van der Waals surface area contributed by atoms with Gasteiger partial charge in [-0.15, -0.1) is 0 Å². The predicted molar refractivity (Wildman–Crippen MR) is 127 cm³/mol. The van der Waals surface area contributed by atoms with Crippen LogP contribution < -0.4 is 14.9 Å². The monoisotopic (exact) mass is 450 g/mol. The summed E-state index contributed by atoms with van der Waals surface area (Å²) in [4.78, 5) is 31.3. The van der Waals surface area contributed by atoms with Gasteiger partial charge in [0.2, 0.25) is 5.76 Å². The molecule has 1 aliphatic rings. The number of ether oxygens (including phenoxy) is 2. The average molecular weight is 451 g/mol. The largest absolute Gasteiger partial charge is 0.497 e. The minimum atomic E-state index is -0.630. The zero-order chi connectivity index (χ0) is 23.7. The molecule has 0 unspecified atom stereocenters. The molecular weight excluding hydrogens is 420 g/mol. The summed E-state index contributed by atoms with van der Waals surface area (Å²) in [5, 5.41) is 0.471. The number of amides is 1. The molecule has 0 bridgehead atoms. The van der Waals surface area contributed by atoms with Crippen LogP contribution >= 0.6 is 0 Å². The molecule has 0 saturated carbocycles. The van der Waals surface area contributed by atoms with Crippen molar-refractivity contribution in [3.05, 3.63) is 69.1 Å². The van der Waals surface area contributed by atoms with Crippen molar-refractivity contribution < 1.29 is 18.7 Å². The molecule has 2 heterocycles. The van der Waals surface area contributed by atoms with E-state index in [0.717, 1.165) is 18.7 Å². The third-order valence-electron chi connectivity index (χ3n) is 6.40. The van der Waals surface area contributed by atoms with Crippen LogP contribution in [0, 0.1) is 6.92 Å². The maximum absolute atomic E-state index is 13.7. The summed E-state index contributed by atoms with van der Waals surface area (Å²) in [5.41, 5.74) is 2.23. The number of nitrogens with zero attached hydrogens (tertiary/aromatic N) is 2. The zero-order valence-corrected chi connectivity index (χ0v) is 19.8. The Balaban J connectivity index is 1.94. The molecule has 0 aliphatic carbocycles. The summed E-state index contributed by atoms with van der Waals surface area (Å²) in [6.07, 6.45) is 0. The molecule has 7 nitrogen and oxygen atoms in total. The van der Waals surface area contributed by atoms with Crippen LogP contribution in [0.2, 0.25) is 0 Å². The smallest absolute Gasteiger partial charge is 0.290 e. The first kappa shape index (κ1) is 22.9. The fourth-order valence-electron chi connectivity index (χ4n) is 4.53. The molecule has 0 spiro atoms. The molecule has 3 aromatic rings. The Kier molecular flexibility index (Phi) is 6.42. The number of benzene rings is 2. The topological polar surface area (TPSA) is 72.2 Å². The Morgan fingerprint density at radius 1 is 1.03 bits per heavy atom. The second-order valence-electron chi connectivity index (χ2n) is 8.21. The number of carbonyl (C=O) groups excluding carboxylic acids is 1. The summed E-state index contributed by atoms with van der Waals surface area (Å²) < 4.78 is 17.1. The second-order valence-corrected chi connectivity index (χ2v) is 8.21. The molecule has 0 radical (unpaired) electrons. The van der Waals surface area contributed by atoms with Gasteiger partial charge in [0, 0.05) is 18.7 Å². The maximum atomic E-state index is 13.7. The highest BCUT2D eigenvalue weighted by Crippen LogP contribution is 2.42. The van der Waals surface area contributed by atoms with Crippen molar-refractivity contribution in [2.75, 3.05) is 40.4 Å². The van der Waals surface area contributed by atoms with E-state index in [1.807, 2.05) is 25.1 Å². The number of fused-ring (bicyclic) bond motifs is 2. The van der Waals surface area contributed by atoms with E-state index in [4.69, 9.17) is 13.9 Å². The van der Waals surface area contributed by atoms with Crippen LogP contribution in [0.3, 0.4) is 0 Å². The molecule has 1 amide bonds. The van der Waals surface area contributed by atoms with Crippen LogP contribution in [0.25, 0.3) is 11.0 Å². The predicted octanol–water partition coefficient (Wildman–Crippen LogP) is 4.01. The van der Waals surface area contributed by atoms with Crippen LogP contribution in [0.5, 0.6) is 11.5 Å². The van der Waals surface area contributed by atoms with E-state index in [2.05, 4.69) is 18.7 Å². The standard InChI is InChI=1S/C26H30N2O5/c1-6-27(7-2)12-13-28-23(18-15-17(31-4)9-11-20(18)32-5)22-24(29)19-14-16(3)8-10-21(19)33-25(22)26(28)30/h8-11,14-15,23H,6-7,12-13H2,1-5H3/t23-/m1/s1. The van der Waals surface area contributed by atoms with Crippen molar-refractivity contribution in [3.8, 4) is 11.5 Å².